The van der Waals surface area contributed by atoms with E-state index in [-0.39, 0.29) is 5.56 Å². The van der Waals surface area contributed by atoms with Crippen LogP contribution in [0.15, 0.2) is 11.0 Å². The van der Waals surface area contributed by atoms with Gasteiger partial charge in [-0.3, -0.25) is 4.79 Å². The molecule has 82 valence electrons. The first-order valence-corrected chi connectivity index (χ1v) is 5.79. The van der Waals surface area contributed by atoms with Crippen LogP contribution in [0.3, 0.4) is 0 Å². The Bertz CT molecular complexity index is 425. The summed E-state index contributed by atoms with van der Waals surface area (Å²) in [6.45, 7) is 2.03. The summed E-state index contributed by atoms with van der Waals surface area (Å²) in [5, 5.41) is 8.95. The van der Waals surface area contributed by atoms with E-state index in [1.54, 1.807) is 6.20 Å². The molecule has 4 nitrogen and oxygen atoms in total. The fourth-order valence-electron chi connectivity index (χ4n) is 1.37. The zero-order chi connectivity index (χ0) is 11.4. The van der Waals surface area contributed by atoms with Crippen LogP contribution in [0.4, 0.5) is 0 Å². The Balaban J connectivity index is 3.25. The summed E-state index contributed by atoms with van der Waals surface area (Å²) in [6, 6.07) is 0. The van der Waals surface area contributed by atoms with Crippen LogP contribution >= 0.6 is 22.6 Å². The molecule has 0 amide bonds. The third-order valence-corrected chi connectivity index (χ3v) is 3.10. The van der Waals surface area contributed by atoms with Crippen molar-refractivity contribution in [3.8, 4) is 0 Å². The largest absolute Gasteiger partial charge is 0.477 e. The van der Waals surface area contributed by atoms with E-state index in [4.69, 9.17) is 5.11 Å². The lowest BCUT2D eigenvalue weighted by Gasteiger charge is -2.06. The first-order valence-electron chi connectivity index (χ1n) is 4.71. The number of H-pyrrole nitrogens is 1. The van der Waals surface area contributed by atoms with Crippen LogP contribution in [0.25, 0.3) is 0 Å². The van der Waals surface area contributed by atoms with Crippen molar-refractivity contribution >= 4 is 28.6 Å². The quantitative estimate of drug-likeness (QED) is 0.834. The van der Waals surface area contributed by atoms with E-state index in [0.717, 1.165) is 16.4 Å². The number of unbranched alkanes of at least 4 members (excludes halogenated alkanes) is 1. The molecule has 0 bridgehead atoms. The number of halogens is 1. The number of carboxylic acid groups (broad SMARTS) is 1. The number of rotatable bonds is 4. The summed E-state index contributed by atoms with van der Waals surface area (Å²) in [5.74, 6) is -1.15. The monoisotopic (exact) mass is 321 g/mol. The molecular weight excluding hydrogens is 309 g/mol. The van der Waals surface area contributed by atoms with Gasteiger partial charge in [-0.1, -0.05) is 13.3 Å². The average molecular weight is 321 g/mol. The van der Waals surface area contributed by atoms with Gasteiger partial charge in [0, 0.05) is 9.77 Å². The molecule has 0 saturated carbocycles. The Kier molecular flexibility index (Phi) is 4.31. The molecule has 0 saturated heterocycles. The lowest BCUT2D eigenvalue weighted by atomic mass is 10.0. The number of hydrogen-bond donors (Lipinski definition) is 2. The molecule has 0 aliphatic rings. The molecule has 0 unspecified atom stereocenters. The van der Waals surface area contributed by atoms with E-state index >= 15 is 0 Å². The highest BCUT2D eigenvalue weighted by Crippen LogP contribution is 2.15. The van der Waals surface area contributed by atoms with Crippen molar-refractivity contribution in [2.24, 2.45) is 0 Å². The van der Waals surface area contributed by atoms with E-state index in [2.05, 4.69) is 4.98 Å². The van der Waals surface area contributed by atoms with Crippen molar-refractivity contribution in [1.29, 1.82) is 0 Å². The molecule has 2 N–H and O–H groups in total. The fraction of sp³-hybridized carbons (Fsp3) is 0.400. The van der Waals surface area contributed by atoms with Gasteiger partial charge in [-0.25, -0.2) is 4.79 Å². The minimum atomic E-state index is -1.15. The molecule has 15 heavy (non-hydrogen) atoms. The van der Waals surface area contributed by atoms with Gasteiger partial charge in [0.2, 0.25) is 0 Å². The molecule has 0 aliphatic heterocycles. The highest BCUT2D eigenvalue weighted by Gasteiger charge is 2.16. The maximum absolute atomic E-state index is 11.4. The molecule has 1 aromatic rings. The highest BCUT2D eigenvalue weighted by molar-refractivity contribution is 14.1. The van der Waals surface area contributed by atoms with Crippen molar-refractivity contribution in [1.82, 2.24) is 4.98 Å². The summed E-state index contributed by atoms with van der Waals surface area (Å²) in [7, 11) is 0. The molecule has 0 radical (unpaired) electrons. The van der Waals surface area contributed by atoms with Crippen molar-refractivity contribution in [2.45, 2.75) is 26.2 Å². The van der Waals surface area contributed by atoms with Gasteiger partial charge in [-0.2, -0.15) is 0 Å². The second kappa shape index (κ2) is 5.29. The number of hydrogen-bond acceptors (Lipinski definition) is 2. The van der Waals surface area contributed by atoms with Crippen molar-refractivity contribution in [2.75, 3.05) is 0 Å². The fourth-order valence-corrected chi connectivity index (χ4v) is 2.06. The molecule has 1 rings (SSSR count). The van der Waals surface area contributed by atoms with Gasteiger partial charge in [-0.15, -0.1) is 0 Å². The summed E-state index contributed by atoms with van der Waals surface area (Å²) in [5.41, 5.74) is 0.0121. The second-order valence-corrected chi connectivity index (χ2v) is 4.39. The van der Waals surface area contributed by atoms with Gasteiger partial charge in [0.1, 0.15) is 5.56 Å². The van der Waals surface area contributed by atoms with Gasteiger partial charge < -0.3 is 10.1 Å². The number of aromatic nitrogens is 1. The zero-order valence-electron chi connectivity index (χ0n) is 8.34. The Morgan fingerprint density at radius 1 is 1.60 bits per heavy atom. The lowest BCUT2D eigenvalue weighted by Crippen LogP contribution is -2.21. The first kappa shape index (κ1) is 12.2. The van der Waals surface area contributed by atoms with Gasteiger partial charge >= 0.3 is 5.97 Å². The van der Waals surface area contributed by atoms with Crippen molar-refractivity contribution in [3.05, 3.63) is 31.2 Å². The van der Waals surface area contributed by atoms with E-state index in [0.29, 0.717) is 12.0 Å². The number of carbonyl (C=O) groups is 1. The molecule has 0 atom stereocenters. The maximum atomic E-state index is 11.4. The Labute approximate surface area is 101 Å². The number of nitrogens with one attached hydrogen (secondary N) is 1. The van der Waals surface area contributed by atoms with Crippen LogP contribution in [0, 0.1) is 3.57 Å². The van der Waals surface area contributed by atoms with Crippen LogP contribution < -0.4 is 5.56 Å². The van der Waals surface area contributed by atoms with E-state index in [1.807, 2.05) is 29.5 Å². The highest BCUT2D eigenvalue weighted by atomic mass is 127. The van der Waals surface area contributed by atoms with E-state index in [1.165, 1.54) is 0 Å². The van der Waals surface area contributed by atoms with Crippen LogP contribution in [0.2, 0.25) is 0 Å². The van der Waals surface area contributed by atoms with Gasteiger partial charge in [0.15, 0.2) is 0 Å². The molecule has 0 aliphatic carbocycles. The second-order valence-electron chi connectivity index (χ2n) is 3.23. The average Bonchev–Trinajstić information content (AvgIpc) is 2.18. The Hall–Kier alpha value is -0.850. The maximum Gasteiger partial charge on any atom is 0.341 e. The van der Waals surface area contributed by atoms with Gasteiger partial charge in [0.25, 0.3) is 5.56 Å². The summed E-state index contributed by atoms with van der Waals surface area (Å²) in [6.07, 6.45) is 4.06. The molecule has 1 heterocycles. The number of pyridine rings is 1. The van der Waals surface area contributed by atoms with Crippen LogP contribution in [0.5, 0.6) is 0 Å². The lowest BCUT2D eigenvalue weighted by molar-refractivity contribution is 0.0693. The Morgan fingerprint density at radius 2 is 2.27 bits per heavy atom. The smallest absolute Gasteiger partial charge is 0.341 e. The topological polar surface area (TPSA) is 70.2 Å². The summed E-state index contributed by atoms with van der Waals surface area (Å²) in [4.78, 5) is 24.7. The molecule has 0 aromatic carbocycles. The number of aromatic amines is 1. The molecule has 0 spiro atoms. The van der Waals surface area contributed by atoms with Gasteiger partial charge in [0.05, 0.1) is 0 Å². The first-order chi connectivity index (χ1) is 7.07. The minimum Gasteiger partial charge on any atom is -0.477 e. The Morgan fingerprint density at radius 3 is 2.80 bits per heavy atom. The van der Waals surface area contributed by atoms with Crippen LogP contribution in [-0.4, -0.2) is 16.1 Å². The van der Waals surface area contributed by atoms with Gasteiger partial charge in [-0.05, 0) is 41.0 Å². The number of carboxylic acids is 1. The van der Waals surface area contributed by atoms with Crippen molar-refractivity contribution < 1.29 is 9.90 Å². The van der Waals surface area contributed by atoms with E-state index in [9.17, 15) is 9.59 Å². The predicted molar refractivity (Wildman–Crippen MR) is 65.4 cm³/mol. The van der Waals surface area contributed by atoms with Crippen LogP contribution in [0.1, 0.15) is 35.7 Å². The minimum absolute atomic E-state index is 0.115. The third kappa shape index (κ3) is 2.80. The number of aromatic carboxylic acids is 1. The summed E-state index contributed by atoms with van der Waals surface area (Å²) < 4.78 is 0.804. The standard InChI is InChI=1S/C10H12INO3/c1-2-3-4-6-7(11)5-12-9(13)8(6)10(14)15/h5H,2-4H2,1H3,(H,12,13)(H,14,15). The molecule has 0 fully saturated rings. The summed E-state index contributed by atoms with van der Waals surface area (Å²) >= 11 is 2.04. The molecular formula is C10H12INO3. The SMILES string of the molecule is CCCCc1c(I)c[nH]c(=O)c1C(=O)O. The van der Waals surface area contributed by atoms with Crippen LogP contribution in [-0.2, 0) is 6.42 Å². The molecule has 5 heteroatoms. The van der Waals surface area contributed by atoms with E-state index < -0.39 is 11.5 Å². The molecule has 1 aromatic heterocycles. The van der Waals surface area contributed by atoms with Crippen molar-refractivity contribution in [3.63, 3.8) is 0 Å². The zero-order valence-corrected chi connectivity index (χ0v) is 10.5. The predicted octanol–water partition coefficient (Wildman–Crippen LogP) is 2.02. The normalized spacial score (nSPS) is 10.3. The third-order valence-electron chi connectivity index (χ3n) is 2.14.